The lowest BCUT2D eigenvalue weighted by atomic mass is 10.1. The Labute approximate surface area is 126 Å². The number of halogens is 1. The molecule has 0 amide bonds. The minimum Gasteiger partial charge on any atom is -0.464 e. The summed E-state index contributed by atoms with van der Waals surface area (Å²) >= 11 is 8.56. The number of hydrogen-bond donors (Lipinski definition) is 2. The standard InChI is InChI=1S/C14H15BrN2OS/c1-8-6-7-12(18-8)9(2)17-11-5-3-4-10(15)13(11)14(16)19/h3-7,9,17H,1-2H3,(H2,16,19). The van der Waals surface area contributed by atoms with E-state index in [-0.39, 0.29) is 6.04 Å². The van der Waals surface area contributed by atoms with Crippen LogP contribution in [0.25, 0.3) is 0 Å². The maximum absolute atomic E-state index is 5.77. The average molecular weight is 339 g/mol. The Balaban J connectivity index is 2.28. The van der Waals surface area contributed by atoms with Crippen molar-refractivity contribution in [3.63, 3.8) is 0 Å². The van der Waals surface area contributed by atoms with Crippen LogP contribution in [0.3, 0.4) is 0 Å². The smallest absolute Gasteiger partial charge is 0.126 e. The summed E-state index contributed by atoms with van der Waals surface area (Å²) in [5.41, 5.74) is 7.48. The molecule has 1 atom stereocenters. The molecule has 1 unspecified atom stereocenters. The highest BCUT2D eigenvalue weighted by molar-refractivity contribution is 9.10. The summed E-state index contributed by atoms with van der Waals surface area (Å²) in [6.07, 6.45) is 0. The SMILES string of the molecule is Cc1ccc(C(C)Nc2cccc(Br)c2C(N)=S)o1. The Morgan fingerprint density at radius 1 is 1.37 bits per heavy atom. The first-order valence-electron chi connectivity index (χ1n) is 5.90. The van der Waals surface area contributed by atoms with Crippen LogP contribution in [0.5, 0.6) is 0 Å². The summed E-state index contributed by atoms with van der Waals surface area (Å²) in [5, 5.41) is 3.37. The number of furan rings is 1. The van der Waals surface area contributed by atoms with Gasteiger partial charge in [0.2, 0.25) is 0 Å². The lowest BCUT2D eigenvalue weighted by Gasteiger charge is -2.17. The highest BCUT2D eigenvalue weighted by atomic mass is 79.9. The molecule has 2 aromatic rings. The van der Waals surface area contributed by atoms with Gasteiger partial charge in [-0.05, 0) is 54.0 Å². The highest BCUT2D eigenvalue weighted by Crippen LogP contribution is 2.28. The predicted molar refractivity (Wildman–Crippen MR) is 85.5 cm³/mol. The van der Waals surface area contributed by atoms with Gasteiger partial charge >= 0.3 is 0 Å². The molecule has 0 bridgehead atoms. The van der Waals surface area contributed by atoms with E-state index in [1.54, 1.807) is 0 Å². The van der Waals surface area contributed by atoms with Crippen LogP contribution in [-0.2, 0) is 0 Å². The van der Waals surface area contributed by atoms with Gasteiger partial charge in [0.15, 0.2) is 0 Å². The van der Waals surface area contributed by atoms with Crippen LogP contribution in [0.1, 0.15) is 30.0 Å². The molecule has 3 nitrogen and oxygen atoms in total. The second-order valence-electron chi connectivity index (χ2n) is 4.34. The first-order chi connectivity index (χ1) is 8.99. The maximum Gasteiger partial charge on any atom is 0.126 e. The molecule has 3 N–H and O–H groups in total. The van der Waals surface area contributed by atoms with Crippen molar-refractivity contribution in [2.24, 2.45) is 5.73 Å². The molecule has 0 saturated carbocycles. The zero-order chi connectivity index (χ0) is 14.0. The first kappa shape index (κ1) is 14.1. The van der Waals surface area contributed by atoms with Crippen LogP contribution in [0.2, 0.25) is 0 Å². The summed E-state index contributed by atoms with van der Waals surface area (Å²) in [5.74, 6) is 1.78. The molecule has 0 aliphatic heterocycles. The van der Waals surface area contributed by atoms with Crippen LogP contribution < -0.4 is 11.1 Å². The van der Waals surface area contributed by atoms with E-state index in [2.05, 4.69) is 21.2 Å². The van der Waals surface area contributed by atoms with Gasteiger partial charge in [0.05, 0.1) is 6.04 Å². The second-order valence-corrected chi connectivity index (χ2v) is 5.64. The average Bonchev–Trinajstić information content (AvgIpc) is 2.75. The van der Waals surface area contributed by atoms with Gasteiger partial charge in [-0.3, -0.25) is 0 Å². The van der Waals surface area contributed by atoms with Crippen molar-refractivity contribution >= 4 is 38.8 Å². The Kier molecular flexibility index (Phi) is 4.27. The Bertz CT molecular complexity index is 609. The number of nitrogens with two attached hydrogens (primary N) is 1. The summed E-state index contributed by atoms with van der Waals surface area (Å²) in [6.45, 7) is 3.96. The van der Waals surface area contributed by atoms with E-state index < -0.39 is 0 Å². The zero-order valence-corrected chi connectivity index (χ0v) is 13.1. The molecular weight excluding hydrogens is 324 g/mol. The quantitative estimate of drug-likeness (QED) is 0.822. The van der Waals surface area contributed by atoms with Gasteiger partial charge in [0.1, 0.15) is 16.5 Å². The molecule has 5 heteroatoms. The molecule has 100 valence electrons. The number of rotatable bonds is 4. The molecule has 1 heterocycles. The third-order valence-corrected chi connectivity index (χ3v) is 3.68. The lowest BCUT2D eigenvalue weighted by molar-refractivity contribution is 0.467. The van der Waals surface area contributed by atoms with E-state index in [9.17, 15) is 0 Å². The van der Waals surface area contributed by atoms with Crippen molar-refractivity contribution in [2.75, 3.05) is 5.32 Å². The van der Waals surface area contributed by atoms with Crippen LogP contribution in [-0.4, -0.2) is 4.99 Å². The molecule has 0 spiro atoms. The summed E-state index contributed by atoms with van der Waals surface area (Å²) in [6, 6.07) is 9.76. The second kappa shape index (κ2) is 5.75. The Morgan fingerprint density at radius 2 is 2.11 bits per heavy atom. The van der Waals surface area contributed by atoms with Gasteiger partial charge in [-0.25, -0.2) is 0 Å². The number of hydrogen-bond acceptors (Lipinski definition) is 3. The van der Waals surface area contributed by atoms with Crippen LogP contribution in [0, 0.1) is 6.92 Å². The highest BCUT2D eigenvalue weighted by Gasteiger charge is 2.14. The Hall–Kier alpha value is -1.33. The molecular formula is C14H15BrN2OS. The predicted octanol–water partition coefficient (Wildman–Crippen LogP) is 4.16. The molecule has 19 heavy (non-hydrogen) atoms. The van der Waals surface area contributed by atoms with Gasteiger partial charge in [-0.2, -0.15) is 0 Å². The topological polar surface area (TPSA) is 51.2 Å². The molecule has 1 aromatic carbocycles. The summed E-state index contributed by atoms with van der Waals surface area (Å²) < 4.78 is 6.49. The van der Waals surface area contributed by atoms with Gasteiger partial charge in [0, 0.05) is 15.7 Å². The van der Waals surface area contributed by atoms with Crippen molar-refractivity contribution in [1.82, 2.24) is 0 Å². The molecule has 0 aliphatic rings. The number of aryl methyl sites for hydroxylation is 1. The van der Waals surface area contributed by atoms with Crippen molar-refractivity contribution in [3.05, 3.63) is 51.9 Å². The Morgan fingerprint density at radius 3 is 2.68 bits per heavy atom. The van der Waals surface area contributed by atoms with Gasteiger partial charge in [0.25, 0.3) is 0 Å². The number of benzene rings is 1. The molecule has 1 aromatic heterocycles. The normalized spacial score (nSPS) is 12.2. The fourth-order valence-corrected chi connectivity index (χ4v) is 2.82. The molecule has 2 rings (SSSR count). The van der Waals surface area contributed by atoms with E-state index in [0.29, 0.717) is 4.99 Å². The van der Waals surface area contributed by atoms with Gasteiger partial charge in [-0.1, -0.05) is 18.3 Å². The van der Waals surface area contributed by atoms with E-state index in [1.165, 1.54) is 0 Å². The number of nitrogens with one attached hydrogen (secondary N) is 1. The molecule has 0 radical (unpaired) electrons. The van der Waals surface area contributed by atoms with Crippen LogP contribution in [0.15, 0.2) is 39.2 Å². The molecule has 0 fully saturated rings. The van der Waals surface area contributed by atoms with Gasteiger partial charge < -0.3 is 15.5 Å². The maximum atomic E-state index is 5.77. The largest absolute Gasteiger partial charge is 0.464 e. The third kappa shape index (κ3) is 3.16. The molecule has 0 saturated heterocycles. The number of anilines is 1. The van der Waals surface area contributed by atoms with Crippen molar-refractivity contribution in [1.29, 1.82) is 0 Å². The van der Waals surface area contributed by atoms with E-state index in [4.69, 9.17) is 22.4 Å². The monoisotopic (exact) mass is 338 g/mol. The van der Waals surface area contributed by atoms with E-state index >= 15 is 0 Å². The van der Waals surface area contributed by atoms with E-state index in [0.717, 1.165) is 27.2 Å². The number of thiocarbonyl (C=S) groups is 1. The zero-order valence-electron chi connectivity index (χ0n) is 10.7. The molecule has 0 aliphatic carbocycles. The fourth-order valence-electron chi connectivity index (χ4n) is 1.89. The summed E-state index contributed by atoms with van der Waals surface area (Å²) in [4.78, 5) is 0.359. The van der Waals surface area contributed by atoms with Crippen LogP contribution in [0.4, 0.5) is 5.69 Å². The minimum absolute atomic E-state index is 0.0381. The van der Waals surface area contributed by atoms with Crippen molar-refractivity contribution < 1.29 is 4.42 Å². The third-order valence-electron chi connectivity index (χ3n) is 2.82. The first-order valence-corrected chi connectivity index (χ1v) is 7.10. The lowest BCUT2D eigenvalue weighted by Crippen LogP contribution is -2.15. The van der Waals surface area contributed by atoms with Gasteiger partial charge in [-0.15, -0.1) is 0 Å². The van der Waals surface area contributed by atoms with Crippen LogP contribution >= 0.6 is 28.1 Å². The van der Waals surface area contributed by atoms with Crippen molar-refractivity contribution in [2.45, 2.75) is 19.9 Å². The van der Waals surface area contributed by atoms with E-state index in [1.807, 2.05) is 44.2 Å². The van der Waals surface area contributed by atoms with Crippen molar-refractivity contribution in [3.8, 4) is 0 Å². The minimum atomic E-state index is 0.0381. The summed E-state index contributed by atoms with van der Waals surface area (Å²) in [7, 11) is 0. The fraction of sp³-hybridized carbons (Fsp3) is 0.214.